The van der Waals surface area contributed by atoms with Crippen molar-refractivity contribution in [1.82, 2.24) is 20.2 Å². The molecule has 11 heteroatoms. The van der Waals surface area contributed by atoms with Crippen molar-refractivity contribution < 1.29 is 13.2 Å². The zero-order valence-corrected chi connectivity index (χ0v) is 17.3. The highest BCUT2D eigenvalue weighted by atomic mass is 127. The van der Waals surface area contributed by atoms with Crippen LogP contribution in [-0.4, -0.2) is 34.5 Å². The van der Waals surface area contributed by atoms with Gasteiger partial charge in [-0.15, -0.1) is 0 Å². The standard InChI is InChI=1S/C16H15IN6O3S/c1-9-7-10(2)20-16(19-9)23-27(25,26)12-5-3-11(4-6-12)21-15(24)14-13(17)8-18-22-14/h3-8H,1-2H3,(H,18,22)(H,21,24)(H,19,20,23). The van der Waals surface area contributed by atoms with Gasteiger partial charge in [0.25, 0.3) is 15.9 Å². The van der Waals surface area contributed by atoms with Crippen LogP contribution in [-0.2, 0) is 10.0 Å². The average Bonchev–Trinajstić information content (AvgIpc) is 3.00. The van der Waals surface area contributed by atoms with E-state index in [2.05, 4.69) is 30.2 Å². The van der Waals surface area contributed by atoms with E-state index in [-0.39, 0.29) is 16.8 Å². The number of amides is 1. The molecule has 2 aromatic heterocycles. The summed E-state index contributed by atoms with van der Waals surface area (Å²) in [5, 5.41) is 9.07. The van der Waals surface area contributed by atoms with E-state index in [1.807, 2.05) is 22.6 Å². The number of aromatic nitrogens is 4. The minimum Gasteiger partial charge on any atom is -0.321 e. The van der Waals surface area contributed by atoms with Gasteiger partial charge in [-0.3, -0.25) is 9.89 Å². The van der Waals surface area contributed by atoms with Crippen LogP contribution in [0.2, 0.25) is 0 Å². The zero-order valence-electron chi connectivity index (χ0n) is 14.3. The van der Waals surface area contributed by atoms with Crippen LogP contribution in [0.4, 0.5) is 11.6 Å². The number of hydrogen-bond donors (Lipinski definition) is 3. The zero-order chi connectivity index (χ0) is 19.6. The molecule has 27 heavy (non-hydrogen) atoms. The van der Waals surface area contributed by atoms with E-state index in [0.717, 1.165) is 0 Å². The maximum Gasteiger partial charge on any atom is 0.274 e. The fourth-order valence-electron chi connectivity index (χ4n) is 2.29. The van der Waals surface area contributed by atoms with Crippen molar-refractivity contribution in [3.05, 3.63) is 57.2 Å². The number of aryl methyl sites for hydroxylation is 2. The Hall–Kier alpha value is -2.54. The first-order valence-electron chi connectivity index (χ1n) is 7.70. The van der Waals surface area contributed by atoms with Crippen molar-refractivity contribution in [2.24, 2.45) is 0 Å². The summed E-state index contributed by atoms with van der Waals surface area (Å²) in [5.74, 6) is -0.354. The van der Waals surface area contributed by atoms with Gasteiger partial charge in [-0.25, -0.2) is 23.1 Å². The van der Waals surface area contributed by atoms with Gasteiger partial charge in [0.15, 0.2) is 0 Å². The van der Waals surface area contributed by atoms with E-state index in [1.165, 1.54) is 30.5 Å². The number of halogens is 1. The Kier molecular flexibility index (Phi) is 5.41. The number of sulfonamides is 1. The average molecular weight is 498 g/mol. The molecular formula is C16H15IN6O3S. The maximum atomic E-state index is 12.5. The number of carbonyl (C=O) groups excluding carboxylic acids is 1. The summed E-state index contributed by atoms with van der Waals surface area (Å²) >= 11 is 1.99. The third-order valence-electron chi connectivity index (χ3n) is 3.45. The van der Waals surface area contributed by atoms with Crippen LogP contribution in [0.3, 0.4) is 0 Å². The lowest BCUT2D eigenvalue weighted by molar-refractivity contribution is 0.102. The second-order valence-electron chi connectivity index (χ2n) is 5.65. The van der Waals surface area contributed by atoms with Crippen molar-refractivity contribution in [3.63, 3.8) is 0 Å². The number of benzene rings is 1. The number of anilines is 2. The molecule has 0 spiro atoms. The molecule has 2 heterocycles. The Balaban J connectivity index is 1.75. The van der Waals surface area contributed by atoms with Gasteiger partial charge in [0, 0.05) is 17.1 Å². The molecule has 3 aromatic rings. The van der Waals surface area contributed by atoms with Crippen LogP contribution in [0, 0.1) is 17.4 Å². The molecular weight excluding hydrogens is 483 g/mol. The number of H-pyrrole nitrogens is 1. The van der Waals surface area contributed by atoms with Crippen molar-refractivity contribution in [1.29, 1.82) is 0 Å². The minimum atomic E-state index is -3.85. The Labute approximate surface area is 169 Å². The number of aromatic amines is 1. The van der Waals surface area contributed by atoms with Gasteiger partial charge < -0.3 is 5.32 Å². The quantitative estimate of drug-likeness (QED) is 0.464. The van der Waals surface area contributed by atoms with E-state index in [0.29, 0.717) is 26.3 Å². The number of hydrogen-bond acceptors (Lipinski definition) is 6. The molecule has 0 radical (unpaired) electrons. The number of nitrogens with one attached hydrogen (secondary N) is 3. The predicted molar refractivity (Wildman–Crippen MR) is 108 cm³/mol. The van der Waals surface area contributed by atoms with Crippen LogP contribution in [0.25, 0.3) is 0 Å². The van der Waals surface area contributed by atoms with E-state index in [4.69, 9.17) is 0 Å². The minimum absolute atomic E-state index is 0.0127. The molecule has 0 aliphatic rings. The third-order valence-corrected chi connectivity index (χ3v) is 5.61. The summed E-state index contributed by atoms with van der Waals surface area (Å²) in [6.07, 6.45) is 1.53. The molecule has 0 fully saturated rings. The molecule has 0 bridgehead atoms. The number of rotatable bonds is 5. The van der Waals surface area contributed by atoms with Crippen molar-refractivity contribution in [2.75, 3.05) is 10.0 Å². The van der Waals surface area contributed by atoms with Crippen LogP contribution >= 0.6 is 22.6 Å². The highest BCUT2D eigenvalue weighted by Crippen LogP contribution is 2.18. The van der Waals surface area contributed by atoms with Crippen molar-refractivity contribution >= 4 is 50.2 Å². The lowest BCUT2D eigenvalue weighted by Gasteiger charge is -2.09. The smallest absolute Gasteiger partial charge is 0.274 e. The van der Waals surface area contributed by atoms with Gasteiger partial charge in [-0.2, -0.15) is 5.10 Å². The van der Waals surface area contributed by atoms with E-state index in [1.54, 1.807) is 19.9 Å². The van der Waals surface area contributed by atoms with Gasteiger partial charge in [-0.05, 0) is 66.8 Å². The molecule has 0 saturated heterocycles. The van der Waals surface area contributed by atoms with Crippen LogP contribution in [0.1, 0.15) is 21.9 Å². The van der Waals surface area contributed by atoms with Crippen LogP contribution in [0.15, 0.2) is 41.4 Å². The van der Waals surface area contributed by atoms with Crippen molar-refractivity contribution in [2.45, 2.75) is 18.7 Å². The Morgan fingerprint density at radius 2 is 1.74 bits per heavy atom. The monoisotopic (exact) mass is 498 g/mol. The molecule has 1 aromatic carbocycles. The second-order valence-corrected chi connectivity index (χ2v) is 8.50. The first kappa shape index (κ1) is 19.2. The molecule has 1 amide bonds. The lowest BCUT2D eigenvalue weighted by Crippen LogP contribution is -2.16. The Morgan fingerprint density at radius 1 is 1.11 bits per heavy atom. The fourth-order valence-corrected chi connectivity index (χ4v) is 3.74. The molecule has 140 valence electrons. The highest BCUT2D eigenvalue weighted by Gasteiger charge is 2.17. The summed E-state index contributed by atoms with van der Waals surface area (Å²) in [5.41, 5.74) is 2.10. The number of nitrogens with zero attached hydrogens (tertiary/aromatic N) is 3. The topological polar surface area (TPSA) is 130 Å². The first-order valence-corrected chi connectivity index (χ1v) is 10.3. The molecule has 0 unspecified atom stereocenters. The van der Waals surface area contributed by atoms with Crippen LogP contribution in [0.5, 0.6) is 0 Å². The molecule has 0 saturated carbocycles. The first-order chi connectivity index (χ1) is 12.7. The Morgan fingerprint density at radius 3 is 2.30 bits per heavy atom. The summed E-state index contributed by atoms with van der Waals surface area (Å²) in [6, 6.07) is 7.52. The Bertz CT molecular complexity index is 1080. The SMILES string of the molecule is Cc1cc(C)nc(NS(=O)(=O)c2ccc(NC(=O)c3[nH]ncc3I)cc2)n1. The summed E-state index contributed by atoms with van der Waals surface area (Å²) in [7, 11) is -3.85. The molecule has 0 atom stereocenters. The summed E-state index contributed by atoms with van der Waals surface area (Å²) < 4.78 is 28.0. The lowest BCUT2D eigenvalue weighted by atomic mass is 10.3. The molecule has 3 N–H and O–H groups in total. The van der Waals surface area contributed by atoms with Gasteiger partial charge in [0.2, 0.25) is 5.95 Å². The molecule has 0 aliphatic heterocycles. The fraction of sp³-hybridized carbons (Fsp3) is 0.125. The predicted octanol–water partition coefficient (Wildman–Crippen LogP) is 2.47. The number of carbonyl (C=O) groups is 1. The van der Waals surface area contributed by atoms with E-state index < -0.39 is 10.0 Å². The summed E-state index contributed by atoms with van der Waals surface area (Å²) in [4.78, 5) is 20.3. The maximum absolute atomic E-state index is 12.5. The second kappa shape index (κ2) is 7.60. The molecule has 3 rings (SSSR count). The van der Waals surface area contributed by atoms with E-state index >= 15 is 0 Å². The molecule has 9 nitrogen and oxygen atoms in total. The van der Waals surface area contributed by atoms with Crippen molar-refractivity contribution in [3.8, 4) is 0 Å². The summed E-state index contributed by atoms with van der Waals surface area (Å²) in [6.45, 7) is 3.51. The van der Waals surface area contributed by atoms with Gasteiger partial charge in [0.1, 0.15) is 5.69 Å². The normalized spacial score (nSPS) is 11.2. The largest absolute Gasteiger partial charge is 0.321 e. The highest BCUT2D eigenvalue weighted by molar-refractivity contribution is 14.1. The van der Waals surface area contributed by atoms with Crippen LogP contribution < -0.4 is 10.0 Å². The van der Waals surface area contributed by atoms with E-state index in [9.17, 15) is 13.2 Å². The third kappa shape index (κ3) is 4.60. The van der Waals surface area contributed by atoms with Gasteiger partial charge in [0.05, 0.1) is 14.7 Å². The molecule has 0 aliphatic carbocycles. The van der Waals surface area contributed by atoms with Gasteiger partial charge >= 0.3 is 0 Å². The van der Waals surface area contributed by atoms with Gasteiger partial charge in [-0.1, -0.05) is 0 Å².